The Morgan fingerprint density at radius 3 is 2.75 bits per heavy atom. The Hall–Kier alpha value is -1.39. The second-order valence-electron chi connectivity index (χ2n) is 5.33. The Kier molecular flexibility index (Phi) is 6.02. The standard InChI is InChI=1S/C16H24N2O2/c17-16(19)15-9-5-4-6-13(15)12-18-10-11-20-14-7-2-1-3-8-14/h4-6,9,14,18H,1-3,7-8,10-12H2,(H2,17,19). The maximum absolute atomic E-state index is 11.3. The number of benzene rings is 1. The SMILES string of the molecule is NC(=O)c1ccccc1CNCCOC1CCCCC1. The fraction of sp³-hybridized carbons (Fsp3) is 0.562. The molecule has 0 saturated heterocycles. The van der Waals surface area contributed by atoms with Crippen LogP contribution in [0.1, 0.15) is 48.0 Å². The van der Waals surface area contributed by atoms with Crippen LogP contribution in [0.2, 0.25) is 0 Å². The highest BCUT2D eigenvalue weighted by Crippen LogP contribution is 2.19. The molecular formula is C16H24N2O2. The molecule has 0 unspecified atom stereocenters. The summed E-state index contributed by atoms with van der Waals surface area (Å²) in [5, 5.41) is 3.30. The predicted octanol–water partition coefficient (Wildman–Crippen LogP) is 2.22. The number of rotatable bonds is 7. The topological polar surface area (TPSA) is 64.4 Å². The van der Waals surface area contributed by atoms with Gasteiger partial charge in [-0.3, -0.25) is 4.79 Å². The van der Waals surface area contributed by atoms with Crippen molar-refractivity contribution in [2.24, 2.45) is 5.73 Å². The summed E-state index contributed by atoms with van der Waals surface area (Å²) in [6.45, 7) is 2.17. The largest absolute Gasteiger partial charge is 0.377 e. The smallest absolute Gasteiger partial charge is 0.249 e. The first-order valence-corrected chi connectivity index (χ1v) is 7.47. The highest BCUT2D eigenvalue weighted by atomic mass is 16.5. The molecule has 4 nitrogen and oxygen atoms in total. The van der Waals surface area contributed by atoms with E-state index >= 15 is 0 Å². The Labute approximate surface area is 120 Å². The third-order valence-corrected chi connectivity index (χ3v) is 3.78. The number of carbonyl (C=O) groups excluding carboxylic acids is 1. The number of carbonyl (C=O) groups is 1. The van der Waals surface area contributed by atoms with Gasteiger partial charge in [0.05, 0.1) is 12.7 Å². The molecule has 0 atom stereocenters. The zero-order valence-corrected chi connectivity index (χ0v) is 11.9. The molecular weight excluding hydrogens is 252 g/mol. The van der Waals surface area contributed by atoms with Crippen LogP contribution in [0.15, 0.2) is 24.3 Å². The summed E-state index contributed by atoms with van der Waals surface area (Å²) in [6.07, 6.45) is 6.79. The number of nitrogens with two attached hydrogens (primary N) is 1. The van der Waals surface area contributed by atoms with Crippen LogP contribution >= 0.6 is 0 Å². The van der Waals surface area contributed by atoms with Crippen LogP contribution < -0.4 is 11.1 Å². The molecule has 110 valence electrons. The third kappa shape index (κ3) is 4.62. The molecule has 1 saturated carbocycles. The predicted molar refractivity (Wildman–Crippen MR) is 79.5 cm³/mol. The van der Waals surface area contributed by atoms with Gasteiger partial charge in [-0.25, -0.2) is 0 Å². The highest BCUT2D eigenvalue weighted by Gasteiger charge is 2.13. The third-order valence-electron chi connectivity index (χ3n) is 3.78. The summed E-state index contributed by atoms with van der Waals surface area (Å²) in [4.78, 5) is 11.3. The van der Waals surface area contributed by atoms with E-state index in [-0.39, 0.29) is 5.91 Å². The van der Waals surface area contributed by atoms with Crippen LogP contribution in [0.25, 0.3) is 0 Å². The van der Waals surface area contributed by atoms with Crippen molar-refractivity contribution in [1.29, 1.82) is 0 Å². The number of ether oxygens (including phenoxy) is 1. The van der Waals surface area contributed by atoms with Crippen molar-refractivity contribution in [3.8, 4) is 0 Å². The normalized spacial score (nSPS) is 16.2. The molecule has 3 N–H and O–H groups in total. The average Bonchev–Trinajstić information content (AvgIpc) is 2.48. The molecule has 0 spiro atoms. The van der Waals surface area contributed by atoms with Gasteiger partial charge >= 0.3 is 0 Å². The zero-order valence-electron chi connectivity index (χ0n) is 11.9. The second-order valence-corrected chi connectivity index (χ2v) is 5.33. The minimum Gasteiger partial charge on any atom is -0.377 e. The van der Waals surface area contributed by atoms with Crippen molar-refractivity contribution in [2.45, 2.75) is 44.8 Å². The number of hydrogen-bond donors (Lipinski definition) is 2. The molecule has 1 aromatic carbocycles. The van der Waals surface area contributed by atoms with E-state index in [9.17, 15) is 4.79 Å². The molecule has 2 rings (SSSR count). The monoisotopic (exact) mass is 276 g/mol. The fourth-order valence-corrected chi connectivity index (χ4v) is 2.67. The van der Waals surface area contributed by atoms with Gasteiger partial charge in [-0.2, -0.15) is 0 Å². The van der Waals surface area contributed by atoms with Gasteiger partial charge < -0.3 is 15.8 Å². The van der Waals surface area contributed by atoms with Crippen LogP contribution in [0, 0.1) is 0 Å². The van der Waals surface area contributed by atoms with Crippen LogP contribution in [0.5, 0.6) is 0 Å². The quantitative estimate of drug-likeness (QED) is 0.751. The molecule has 1 aliphatic rings. The van der Waals surface area contributed by atoms with E-state index in [4.69, 9.17) is 10.5 Å². The Morgan fingerprint density at radius 2 is 2.00 bits per heavy atom. The first-order valence-electron chi connectivity index (χ1n) is 7.47. The Balaban J connectivity index is 1.67. The average molecular weight is 276 g/mol. The Morgan fingerprint density at radius 1 is 1.25 bits per heavy atom. The van der Waals surface area contributed by atoms with Crippen molar-refractivity contribution in [3.63, 3.8) is 0 Å². The number of primary amides is 1. The Bertz CT molecular complexity index is 428. The summed E-state index contributed by atoms with van der Waals surface area (Å²) in [6, 6.07) is 7.44. The lowest BCUT2D eigenvalue weighted by Gasteiger charge is -2.22. The summed E-state index contributed by atoms with van der Waals surface area (Å²) < 4.78 is 5.84. The van der Waals surface area contributed by atoms with Crippen molar-refractivity contribution >= 4 is 5.91 Å². The highest BCUT2D eigenvalue weighted by molar-refractivity contribution is 5.94. The van der Waals surface area contributed by atoms with E-state index in [0.717, 1.165) is 18.7 Å². The number of hydrogen-bond acceptors (Lipinski definition) is 3. The molecule has 0 aromatic heterocycles. The van der Waals surface area contributed by atoms with Gasteiger partial charge in [-0.15, -0.1) is 0 Å². The van der Waals surface area contributed by atoms with Crippen LogP contribution in [-0.4, -0.2) is 25.2 Å². The van der Waals surface area contributed by atoms with Crippen molar-refractivity contribution in [1.82, 2.24) is 5.32 Å². The zero-order chi connectivity index (χ0) is 14.2. The van der Waals surface area contributed by atoms with Crippen molar-refractivity contribution in [2.75, 3.05) is 13.2 Å². The molecule has 1 amide bonds. The molecule has 0 bridgehead atoms. The fourth-order valence-electron chi connectivity index (χ4n) is 2.67. The summed E-state index contributed by atoms with van der Waals surface area (Å²) in [5.41, 5.74) is 6.88. The van der Waals surface area contributed by atoms with E-state index in [0.29, 0.717) is 18.2 Å². The maximum Gasteiger partial charge on any atom is 0.249 e. The van der Waals surface area contributed by atoms with Crippen molar-refractivity contribution in [3.05, 3.63) is 35.4 Å². The molecule has 1 aromatic rings. The first kappa shape index (κ1) is 15.0. The van der Waals surface area contributed by atoms with E-state index in [2.05, 4.69) is 5.32 Å². The van der Waals surface area contributed by atoms with Gasteiger partial charge in [0.2, 0.25) is 5.91 Å². The van der Waals surface area contributed by atoms with E-state index in [1.54, 1.807) is 6.07 Å². The van der Waals surface area contributed by atoms with Gasteiger partial charge in [-0.1, -0.05) is 37.5 Å². The lowest BCUT2D eigenvalue weighted by molar-refractivity contribution is 0.0302. The molecule has 1 aliphatic carbocycles. The van der Waals surface area contributed by atoms with E-state index in [1.165, 1.54) is 32.1 Å². The molecule has 4 heteroatoms. The van der Waals surface area contributed by atoms with Gasteiger partial charge in [0.25, 0.3) is 0 Å². The molecule has 1 fully saturated rings. The number of nitrogens with one attached hydrogen (secondary N) is 1. The van der Waals surface area contributed by atoms with E-state index in [1.807, 2.05) is 18.2 Å². The summed E-state index contributed by atoms with van der Waals surface area (Å²) >= 11 is 0. The lowest BCUT2D eigenvalue weighted by atomic mass is 9.98. The van der Waals surface area contributed by atoms with E-state index < -0.39 is 0 Å². The lowest BCUT2D eigenvalue weighted by Crippen LogP contribution is -2.25. The minimum absolute atomic E-state index is 0.374. The molecule has 20 heavy (non-hydrogen) atoms. The molecule has 0 aliphatic heterocycles. The summed E-state index contributed by atoms with van der Waals surface area (Å²) in [5.74, 6) is -0.374. The van der Waals surface area contributed by atoms with Crippen molar-refractivity contribution < 1.29 is 9.53 Å². The van der Waals surface area contributed by atoms with Gasteiger partial charge in [0.15, 0.2) is 0 Å². The van der Waals surface area contributed by atoms with Gasteiger partial charge in [0, 0.05) is 18.7 Å². The van der Waals surface area contributed by atoms with Crippen LogP contribution in [0.3, 0.4) is 0 Å². The molecule has 0 radical (unpaired) electrons. The van der Waals surface area contributed by atoms with Crippen LogP contribution in [0.4, 0.5) is 0 Å². The first-order chi connectivity index (χ1) is 9.77. The van der Waals surface area contributed by atoms with Gasteiger partial charge in [-0.05, 0) is 24.5 Å². The van der Waals surface area contributed by atoms with Crippen LogP contribution in [-0.2, 0) is 11.3 Å². The number of amides is 1. The maximum atomic E-state index is 11.3. The minimum atomic E-state index is -0.374. The summed E-state index contributed by atoms with van der Waals surface area (Å²) in [7, 11) is 0. The second kappa shape index (κ2) is 8.02. The van der Waals surface area contributed by atoms with Gasteiger partial charge in [0.1, 0.15) is 0 Å². The molecule has 0 heterocycles.